The molecule has 1 fully saturated rings. The first kappa shape index (κ1) is 22.1. The zero-order valence-electron chi connectivity index (χ0n) is 17.4. The second-order valence-electron chi connectivity index (χ2n) is 7.75. The van der Waals surface area contributed by atoms with Crippen LogP contribution in [0, 0.1) is 6.92 Å². The number of nitrogens with zero attached hydrogens (tertiary/aromatic N) is 2. The minimum atomic E-state index is -0.731. The Balaban J connectivity index is 1.61. The number of carbonyl (C=O) groups is 3. The number of carbonyl (C=O) groups excluding carboxylic acids is 3. The van der Waals surface area contributed by atoms with Crippen LogP contribution in [-0.4, -0.2) is 57.3 Å². The molecule has 0 spiro atoms. The summed E-state index contributed by atoms with van der Waals surface area (Å²) in [5, 5.41) is 12.6. The van der Waals surface area contributed by atoms with Crippen LogP contribution in [-0.2, 0) is 20.8 Å². The molecule has 3 atom stereocenters. The molecule has 7 nitrogen and oxygen atoms in total. The lowest BCUT2D eigenvalue weighted by molar-refractivity contribution is -0.140. The fourth-order valence-corrected chi connectivity index (χ4v) is 4.63. The predicted molar refractivity (Wildman–Crippen MR) is 115 cm³/mol. The molecule has 2 heterocycles. The van der Waals surface area contributed by atoms with Gasteiger partial charge in [-0.2, -0.15) is 0 Å². The van der Waals surface area contributed by atoms with Gasteiger partial charge < -0.3 is 15.3 Å². The van der Waals surface area contributed by atoms with Gasteiger partial charge in [0.25, 0.3) is 0 Å². The summed E-state index contributed by atoms with van der Waals surface area (Å²) in [7, 11) is 0. The van der Waals surface area contributed by atoms with E-state index in [-0.39, 0.29) is 37.0 Å². The van der Waals surface area contributed by atoms with Crippen molar-refractivity contribution in [2.45, 2.75) is 58.2 Å². The van der Waals surface area contributed by atoms with Crippen molar-refractivity contribution < 1.29 is 19.5 Å². The van der Waals surface area contributed by atoms with Gasteiger partial charge in [-0.3, -0.25) is 14.4 Å². The lowest BCUT2D eigenvalue weighted by Crippen LogP contribution is -2.50. The highest BCUT2D eigenvalue weighted by Gasteiger charge is 2.39. The molecule has 2 N–H and O–H groups in total. The number of aliphatic hydroxyl groups excluding tert-OH is 1. The Morgan fingerprint density at radius 3 is 2.60 bits per heavy atom. The van der Waals surface area contributed by atoms with Gasteiger partial charge in [-0.25, -0.2) is 4.98 Å². The average Bonchev–Trinajstić information content (AvgIpc) is 3.31. The maximum absolute atomic E-state index is 12.8. The van der Waals surface area contributed by atoms with E-state index in [2.05, 4.69) is 10.3 Å². The maximum Gasteiger partial charge on any atom is 0.245 e. The number of β-amino-alcohol motifs (C(OH)–C–C–N with tert-alkyl or cyclic N) is 1. The summed E-state index contributed by atoms with van der Waals surface area (Å²) in [5.41, 5.74) is 4.97. The number of rotatable bonds is 7. The van der Waals surface area contributed by atoms with Crippen molar-refractivity contribution >= 4 is 28.9 Å². The van der Waals surface area contributed by atoms with Gasteiger partial charge in [0, 0.05) is 26.3 Å². The molecule has 8 heteroatoms. The smallest absolute Gasteiger partial charge is 0.245 e. The SMILES string of the molecule is CC(=O)N[C@@H](C)C(=O)N1C[C@H](O)C[C@H]1C(=O)CCc1ccc(-c2scnc2C)cc1. The molecule has 1 aliphatic rings. The van der Waals surface area contributed by atoms with Crippen molar-refractivity contribution in [3.8, 4) is 10.4 Å². The number of hydrogen-bond donors (Lipinski definition) is 2. The van der Waals surface area contributed by atoms with Crippen LogP contribution in [0.25, 0.3) is 10.4 Å². The van der Waals surface area contributed by atoms with Gasteiger partial charge in [0.05, 0.1) is 28.2 Å². The minimum absolute atomic E-state index is 0.0719. The summed E-state index contributed by atoms with van der Waals surface area (Å²) < 4.78 is 0. The topological polar surface area (TPSA) is 99.6 Å². The zero-order chi connectivity index (χ0) is 21.8. The number of aliphatic hydroxyl groups is 1. The van der Waals surface area contributed by atoms with Gasteiger partial charge in [0.2, 0.25) is 11.8 Å². The van der Waals surface area contributed by atoms with Crippen LogP contribution in [0.2, 0.25) is 0 Å². The third kappa shape index (κ3) is 5.12. The molecule has 0 bridgehead atoms. The van der Waals surface area contributed by atoms with Crippen molar-refractivity contribution in [3.05, 3.63) is 41.0 Å². The van der Waals surface area contributed by atoms with Crippen molar-refractivity contribution in [3.63, 3.8) is 0 Å². The minimum Gasteiger partial charge on any atom is -0.391 e. The Morgan fingerprint density at radius 2 is 2.00 bits per heavy atom. The van der Waals surface area contributed by atoms with Crippen molar-refractivity contribution in [1.29, 1.82) is 0 Å². The highest BCUT2D eigenvalue weighted by atomic mass is 32.1. The summed E-state index contributed by atoms with van der Waals surface area (Å²) >= 11 is 1.60. The lowest BCUT2D eigenvalue weighted by atomic mass is 10.00. The molecular formula is C22H27N3O4S. The first-order valence-electron chi connectivity index (χ1n) is 10.0. The van der Waals surface area contributed by atoms with E-state index in [0.29, 0.717) is 6.42 Å². The predicted octanol–water partition coefficient (Wildman–Crippen LogP) is 2.11. The Kier molecular flexibility index (Phi) is 6.99. The van der Waals surface area contributed by atoms with Crippen LogP contribution >= 0.6 is 11.3 Å². The molecule has 2 amide bonds. The average molecular weight is 430 g/mol. The standard InChI is InChI=1S/C22H27N3O4S/c1-13-21(30-12-23-13)17-7-4-16(5-8-17)6-9-20(28)19-10-18(27)11-25(19)22(29)14(2)24-15(3)26/h4-5,7-8,12,14,18-19,27H,6,9-11H2,1-3H3,(H,24,26)/t14-,18+,19-/m0/s1. The van der Waals surface area contributed by atoms with Crippen molar-refractivity contribution in [1.82, 2.24) is 15.2 Å². The third-order valence-electron chi connectivity index (χ3n) is 5.35. The monoisotopic (exact) mass is 429 g/mol. The molecule has 1 aromatic carbocycles. The number of ketones is 1. The number of nitrogens with one attached hydrogen (secondary N) is 1. The highest BCUT2D eigenvalue weighted by Crippen LogP contribution is 2.27. The molecule has 0 saturated carbocycles. The Labute approximate surface area is 180 Å². The van der Waals surface area contributed by atoms with Gasteiger partial charge in [-0.05, 0) is 31.4 Å². The maximum atomic E-state index is 12.8. The Hall–Kier alpha value is -2.58. The molecule has 1 saturated heterocycles. The van der Waals surface area contributed by atoms with Crippen LogP contribution in [0.5, 0.6) is 0 Å². The van der Waals surface area contributed by atoms with Gasteiger partial charge in [0.1, 0.15) is 6.04 Å². The van der Waals surface area contributed by atoms with Crippen molar-refractivity contribution in [2.24, 2.45) is 0 Å². The molecule has 160 valence electrons. The molecular weight excluding hydrogens is 402 g/mol. The number of hydrogen-bond acceptors (Lipinski definition) is 6. The number of likely N-dealkylation sites (tertiary alicyclic amines) is 1. The number of Topliss-reactive ketones (excluding diaryl/α,β-unsaturated/α-hetero) is 1. The molecule has 1 aliphatic heterocycles. The molecule has 2 aromatic rings. The second kappa shape index (κ2) is 9.49. The van der Waals surface area contributed by atoms with Gasteiger partial charge in [-0.15, -0.1) is 11.3 Å². The summed E-state index contributed by atoms with van der Waals surface area (Å²) in [6, 6.07) is 6.70. The number of aryl methyl sites for hydroxylation is 2. The second-order valence-corrected chi connectivity index (χ2v) is 8.60. The van der Waals surface area contributed by atoms with Gasteiger partial charge in [-0.1, -0.05) is 24.3 Å². The molecule has 0 aliphatic carbocycles. The quantitative estimate of drug-likeness (QED) is 0.702. The summed E-state index contributed by atoms with van der Waals surface area (Å²) in [4.78, 5) is 43.5. The first-order chi connectivity index (χ1) is 14.3. The molecule has 30 heavy (non-hydrogen) atoms. The fraction of sp³-hybridized carbons (Fsp3) is 0.455. The number of thiazole rings is 1. The van der Waals surface area contributed by atoms with Crippen LogP contribution in [0.3, 0.4) is 0 Å². The van der Waals surface area contributed by atoms with E-state index in [4.69, 9.17) is 0 Å². The van der Waals surface area contributed by atoms with Gasteiger partial charge >= 0.3 is 0 Å². The van der Waals surface area contributed by atoms with E-state index in [1.807, 2.05) is 36.7 Å². The molecule has 0 unspecified atom stereocenters. The van der Waals surface area contributed by atoms with Gasteiger partial charge in [0.15, 0.2) is 5.78 Å². The highest BCUT2D eigenvalue weighted by molar-refractivity contribution is 7.13. The fourth-order valence-electron chi connectivity index (χ4n) is 3.81. The first-order valence-corrected chi connectivity index (χ1v) is 10.9. The Morgan fingerprint density at radius 1 is 1.30 bits per heavy atom. The van der Waals surface area contributed by atoms with Crippen LogP contribution in [0.1, 0.15) is 37.9 Å². The van der Waals surface area contributed by atoms with E-state index in [9.17, 15) is 19.5 Å². The number of amides is 2. The number of aromatic nitrogens is 1. The van der Waals surface area contributed by atoms with Crippen LogP contribution in [0.4, 0.5) is 0 Å². The van der Waals surface area contributed by atoms with E-state index >= 15 is 0 Å². The lowest BCUT2D eigenvalue weighted by Gasteiger charge is -2.26. The zero-order valence-corrected chi connectivity index (χ0v) is 18.2. The van der Waals surface area contributed by atoms with E-state index in [1.165, 1.54) is 11.8 Å². The van der Waals surface area contributed by atoms with Crippen LogP contribution < -0.4 is 5.32 Å². The normalized spacial score (nSPS) is 19.5. The van der Waals surface area contributed by atoms with E-state index in [0.717, 1.165) is 21.7 Å². The Bertz CT molecular complexity index is 925. The van der Waals surface area contributed by atoms with E-state index in [1.54, 1.807) is 18.3 Å². The number of benzene rings is 1. The molecule has 3 rings (SSSR count). The van der Waals surface area contributed by atoms with Crippen LogP contribution in [0.15, 0.2) is 29.8 Å². The summed E-state index contributed by atoms with van der Waals surface area (Å²) in [5.74, 6) is -0.725. The summed E-state index contributed by atoms with van der Waals surface area (Å²) in [6.45, 7) is 5.02. The van der Waals surface area contributed by atoms with Crippen molar-refractivity contribution in [2.75, 3.05) is 6.54 Å². The molecule has 1 aromatic heterocycles. The summed E-state index contributed by atoms with van der Waals surface area (Å²) in [6.07, 6.45) is 0.362. The largest absolute Gasteiger partial charge is 0.391 e. The van der Waals surface area contributed by atoms with E-state index < -0.39 is 18.2 Å². The molecule has 0 radical (unpaired) electrons. The third-order valence-corrected chi connectivity index (χ3v) is 6.32.